The van der Waals surface area contributed by atoms with Crippen molar-refractivity contribution in [2.45, 2.75) is 37.5 Å². The number of aromatic amines is 1. The van der Waals surface area contributed by atoms with E-state index in [2.05, 4.69) is 15.2 Å². The fourth-order valence-corrected chi connectivity index (χ4v) is 3.88. The van der Waals surface area contributed by atoms with Crippen LogP contribution in [-0.4, -0.2) is 35.9 Å². The molecule has 1 aliphatic carbocycles. The molecule has 0 amide bonds. The summed E-state index contributed by atoms with van der Waals surface area (Å²) >= 11 is 1.15. The lowest BCUT2D eigenvalue weighted by molar-refractivity contribution is 0.102. The monoisotopic (exact) mass is 402 g/mol. The zero-order valence-electron chi connectivity index (χ0n) is 15.0. The van der Waals surface area contributed by atoms with Gasteiger partial charge >= 0.3 is 5.69 Å². The summed E-state index contributed by atoms with van der Waals surface area (Å²) in [6.45, 7) is 2.50. The van der Waals surface area contributed by atoms with E-state index >= 15 is 0 Å². The number of Topliss-reactive ketones (excluding diaryl/α,β-unsaturated/α-hetero) is 1. The first-order valence-electron chi connectivity index (χ1n) is 8.78. The summed E-state index contributed by atoms with van der Waals surface area (Å²) in [5.41, 5.74) is 4.45. The van der Waals surface area contributed by atoms with Gasteiger partial charge in [-0.05, 0) is 31.9 Å². The van der Waals surface area contributed by atoms with E-state index in [1.54, 1.807) is 18.4 Å². The van der Waals surface area contributed by atoms with E-state index in [1.165, 1.54) is 4.57 Å². The molecule has 1 fully saturated rings. The summed E-state index contributed by atoms with van der Waals surface area (Å²) in [6.07, 6.45) is 3.14. The number of nitrogens with two attached hydrogens (primary N) is 1. The molecule has 0 unspecified atom stereocenters. The van der Waals surface area contributed by atoms with Gasteiger partial charge in [-0.15, -0.1) is 10.2 Å². The topological polar surface area (TPSA) is 142 Å². The van der Waals surface area contributed by atoms with E-state index < -0.39 is 17.0 Å². The number of ketones is 1. The van der Waals surface area contributed by atoms with Crippen molar-refractivity contribution in [2.24, 2.45) is 0 Å². The molecule has 1 saturated carbocycles. The van der Waals surface area contributed by atoms with Gasteiger partial charge in [0.1, 0.15) is 11.4 Å². The van der Waals surface area contributed by atoms with Crippen LogP contribution in [-0.2, 0) is 6.54 Å². The second kappa shape index (κ2) is 7.15. The molecule has 3 aromatic rings. The van der Waals surface area contributed by atoms with E-state index in [-0.39, 0.29) is 23.2 Å². The second-order valence-corrected chi connectivity index (χ2v) is 7.30. The summed E-state index contributed by atoms with van der Waals surface area (Å²) in [6, 6.07) is 3.48. The van der Waals surface area contributed by atoms with Gasteiger partial charge in [-0.2, -0.15) is 0 Å². The van der Waals surface area contributed by atoms with Crippen LogP contribution < -0.4 is 17.0 Å². The maximum absolute atomic E-state index is 12.7. The van der Waals surface area contributed by atoms with Gasteiger partial charge in [-0.25, -0.2) is 4.79 Å². The second-order valence-electron chi connectivity index (χ2n) is 6.36. The zero-order valence-corrected chi connectivity index (χ0v) is 15.9. The Morgan fingerprint density at radius 1 is 1.39 bits per heavy atom. The predicted molar refractivity (Wildman–Crippen MR) is 102 cm³/mol. The molecule has 0 spiro atoms. The number of rotatable bonds is 7. The van der Waals surface area contributed by atoms with Gasteiger partial charge in [-0.3, -0.25) is 23.7 Å². The minimum atomic E-state index is -0.766. The highest BCUT2D eigenvalue weighted by atomic mass is 32.2. The summed E-state index contributed by atoms with van der Waals surface area (Å²) in [7, 11) is 0. The smallest absolute Gasteiger partial charge is 0.330 e. The van der Waals surface area contributed by atoms with Crippen molar-refractivity contribution >= 4 is 23.4 Å². The van der Waals surface area contributed by atoms with Crippen molar-refractivity contribution in [2.75, 3.05) is 11.5 Å². The fraction of sp³-hybridized carbons (Fsp3) is 0.353. The third-order valence-corrected chi connectivity index (χ3v) is 5.45. The third kappa shape index (κ3) is 3.17. The number of hydrogen-bond donors (Lipinski definition) is 2. The number of nitrogen functional groups attached to an aromatic ring is 1. The molecule has 0 saturated heterocycles. The van der Waals surface area contributed by atoms with Crippen molar-refractivity contribution in [1.29, 1.82) is 0 Å². The van der Waals surface area contributed by atoms with Gasteiger partial charge in [-0.1, -0.05) is 11.8 Å². The maximum Gasteiger partial charge on any atom is 0.330 e. The Morgan fingerprint density at radius 3 is 2.82 bits per heavy atom. The lowest BCUT2D eigenvalue weighted by Gasteiger charge is -2.11. The van der Waals surface area contributed by atoms with E-state index in [9.17, 15) is 14.4 Å². The maximum atomic E-state index is 12.7. The minimum Gasteiger partial charge on any atom is -0.461 e. The summed E-state index contributed by atoms with van der Waals surface area (Å²) in [5.74, 6) is 0.525. The third-order valence-electron chi connectivity index (χ3n) is 4.48. The molecule has 0 aliphatic heterocycles. The number of furan rings is 1. The Balaban J connectivity index is 1.59. The van der Waals surface area contributed by atoms with Crippen LogP contribution in [0, 0.1) is 0 Å². The molecule has 11 heteroatoms. The lowest BCUT2D eigenvalue weighted by atomic mass is 10.2. The van der Waals surface area contributed by atoms with Crippen molar-refractivity contribution < 1.29 is 9.21 Å². The predicted octanol–water partition coefficient (Wildman–Crippen LogP) is 1.30. The van der Waals surface area contributed by atoms with E-state index in [1.807, 2.05) is 11.5 Å². The Morgan fingerprint density at radius 2 is 2.18 bits per heavy atom. The van der Waals surface area contributed by atoms with Crippen LogP contribution in [0.5, 0.6) is 0 Å². The first kappa shape index (κ1) is 18.3. The van der Waals surface area contributed by atoms with Crippen molar-refractivity contribution in [1.82, 2.24) is 24.3 Å². The first-order chi connectivity index (χ1) is 13.5. The number of nitrogens with one attached hydrogen (secondary N) is 1. The first-order valence-corrected chi connectivity index (χ1v) is 9.77. The number of thioether (sulfide) groups is 1. The van der Waals surface area contributed by atoms with Gasteiger partial charge < -0.3 is 10.2 Å². The Kier molecular flexibility index (Phi) is 4.67. The normalized spacial score (nSPS) is 13.8. The molecule has 3 N–H and O–H groups in total. The summed E-state index contributed by atoms with van der Waals surface area (Å²) in [5, 5.41) is 8.76. The molecule has 0 radical (unpaired) electrons. The molecule has 3 heterocycles. The van der Waals surface area contributed by atoms with Crippen LogP contribution in [0.15, 0.2) is 37.6 Å². The van der Waals surface area contributed by atoms with E-state index in [4.69, 9.17) is 10.2 Å². The number of hydrogen-bond acceptors (Lipinski definition) is 8. The molecule has 146 valence electrons. The van der Waals surface area contributed by atoms with Crippen molar-refractivity contribution in [3.8, 4) is 11.6 Å². The average Bonchev–Trinajstić information content (AvgIpc) is 3.18. The van der Waals surface area contributed by atoms with Crippen LogP contribution in [0.4, 0.5) is 5.82 Å². The van der Waals surface area contributed by atoms with Crippen LogP contribution in [0.25, 0.3) is 11.6 Å². The molecule has 28 heavy (non-hydrogen) atoms. The molecular formula is C17H18N6O4S. The molecular weight excluding hydrogens is 384 g/mol. The van der Waals surface area contributed by atoms with Crippen molar-refractivity contribution in [3.63, 3.8) is 0 Å². The highest BCUT2D eigenvalue weighted by Gasteiger charge is 2.30. The molecule has 3 aromatic heterocycles. The van der Waals surface area contributed by atoms with E-state index in [0.717, 1.165) is 24.6 Å². The Bertz CT molecular complexity index is 1140. The minimum absolute atomic E-state index is 0.0532. The molecule has 4 rings (SSSR count). The SMILES string of the molecule is CCn1c(SCC(=O)c2c(N)n(C3CC3)c(=O)[nH]c2=O)nnc1-c1ccco1. The number of carbonyl (C=O) groups is 1. The van der Waals surface area contributed by atoms with Gasteiger partial charge in [0.2, 0.25) is 0 Å². The standard InChI is InChI=1S/C17H18N6O4S/c1-2-22-14(11-4-3-7-27-11)20-21-17(22)28-8-10(24)12-13(18)23(9-5-6-9)16(26)19-15(12)25/h3-4,7,9H,2,5-6,8,18H2,1H3,(H,19,25,26). The molecule has 0 aromatic carbocycles. The number of aromatic nitrogens is 5. The van der Waals surface area contributed by atoms with E-state index in [0.29, 0.717) is 23.3 Å². The van der Waals surface area contributed by atoms with Gasteiger partial charge in [0.25, 0.3) is 5.56 Å². The number of anilines is 1. The largest absolute Gasteiger partial charge is 0.461 e. The highest BCUT2D eigenvalue weighted by molar-refractivity contribution is 7.99. The van der Waals surface area contributed by atoms with Gasteiger partial charge in [0.05, 0.1) is 12.0 Å². The van der Waals surface area contributed by atoms with Gasteiger partial charge in [0, 0.05) is 12.6 Å². The lowest BCUT2D eigenvalue weighted by Crippen LogP contribution is -2.36. The number of nitrogens with zero attached hydrogens (tertiary/aromatic N) is 4. The molecule has 10 nitrogen and oxygen atoms in total. The summed E-state index contributed by atoms with van der Waals surface area (Å²) < 4.78 is 8.47. The molecule has 0 atom stereocenters. The number of carbonyl (C=O) groups excluding carboxylic acids is 1. The van der Waals surface area contributed by atoms with Crippen molar-refractivity contribution in [3.05, 3.63) is 44.8 Å². The number of H-pyrrole nitrogens is 1. The van der Waals surface area contributed by atoms with Crippen LogP contribution >= 0.6 is 11.8 Å². The quantitative estimate of drug-likeness (QED) is 0.445. The Hall–Kier alpha value is -3.08. The molecule has 1 aliphatic rings. The Labute approximate surface area is 162 Å². The fourth-order valence-electron chi connectivity index (χ4n) is 3.00. The van der Waals surface area contributed by atoms with Crippen LogP contribution in [0.3, 0.4) is 0 Å². The van der Waals surface area contributed by atoms with Gasteiger partial charge in [0.15, 0.2) is 22.5 Å². The van der Waals surface area contributed by atoms with Crippen LogP contribution in [0.2, 0.25) is 0 Å². The zero-order chi connectivity index (χ0) is 19.8. The van der Waals surface area contributed by atoms with Crippen LogP contribution in [0.1, 0.15) is 36.2 Å². The highest BCUT2D eigenvalue weighted by Crippen LogP contribution is 2.35. The molecule has 0 bridgehead atoms. The average molecular weight is 402 g/mol. The summed E-state index contributed by atoms with van der Waals surface area (Å²) in [4.78, 5) is 39.0.